The summed E-state index contributed by atoms with van der Waals surface area (Å²) in [6.45, 7) is 0. The quantitative estimate of drug-likeness (QED) is 0.541. The van der Waals surface area contributed by atoms with Crippen molar-refractivity contribution < 1.29 is 22.9 Å². The molecule has 0 N–H and O–H groups in total. The molecule has 1 aliphatic heterocycles. The number of rotatable bonds is 1. The van der Waals surface area contributed by atoms with Crippen LogP contribution in [-0.2, 0) is 9.59 Å². The van der Waals surface area contributed by atoms with Crippen LogP contribution in [0.3, 0.4) is 0 Å². The molecule has 3 nitrogen and oxygen atoms in total. The Hall–Kier alpha value is -2.11. The molecular formula is C10H4F3NO2. The van der Waals surface area contributed by atoms with Crippen molar-refractivity contribution in [1.82, 2.24) is 5.12 Å². The Kier molecular flexibility index (Phi) is 2.26. The standard InChI is InChI=1S/C10H4F3NO2/c11-6-4-2-1-3-5(6)7-8(12)10(16)14(13)9(7)15/h1-4H. The van der Waals surface area contributed by atoms with Gasteiger partial charge < -0.3 is 0 Å². The SMILES string of the molecule is O=C1C(F)=C(c2ccccc2F)C(=O)N1F. The van der Waals surface area contributed by atoms with Crippen molar-refractivity contribution in [2.45, 2.75) is 0 Å². The topological polar surface area (TPSA) is 37.4 Å². The molecule has 6 heteroatoms. The fourth-order valence-corrected chi connectivity index (χ4v) is 1.37. The fourth-order valence-electron chi connectivity index (χ4n) is 1.37. The normalized spacial score (nSPS) is 16.3. The zero-order valence-corrected chi connectivity index (χ0v) is 7.71. The van der Waals surface area contributed by atoms with Crippen LogP contribution in [0.2, 0.25) is 0 Å². The molecule has 2 amide bonds. The fraction of sp³-hybridized carbons (Fsp3) is 0. The number of carbonyl (C=O) groups excluding carboxylic acids is 2. The molecule has 0 saturated heterocycles. The summed E-state index contributed by atoms with van der Waals surface area (Å²) in [5.74, 6) is -5.68. The van der Waals surface area contributed by atoms with Gasteiger partial charge in [-0.05, 0) is 6.07 Å². The molecule has 0 aliphatic carbocycles. The van der Waals surface area contributed by atoms with E-state index in [0.29, 0.717) is 0 Å². The van der Waals surface area contributed by atoms with E-state index in [9.17, 15) is 22.9 Å². The van der Waals surface area contributed by atoms with Crippen LogP contribution in [0.25, 0.3) is 5.57 Å². The average molecular weight is 227 g/mol. The molecule has 0 radical (unpaired) electrons. The van der Waals surface area contributed by atoms with Crippen molar-refractivity contribution in [2.24, 2.45) is 0 Å². The number of hydrogen-bond acceptors (Lipinski definition) is 2. The summed E-state index contributed by atoms with van der Waals surface area (Å²) in [7, 11) is 0. The molecule has 1 aromatic carbocycles. The summed E-state index contributed by atoms with van der Waals surface area (Å²) >= 11 is 0. The molecule has 0 aromatic heterocycles. The van der Waals surface area contributed by atoms with Gasteiger partial charge in [-0.15, -0.1) is 0 Å². The van der Waals surface area contributed by atoms with Crippen molar-refractivity contribution in [3.8, 4) is 0 Å². The van der Waals surface area contributed by atoms with Gasteiger partial charge in [-0.2, -0.15) is 4.39 Å². The molecule has 2 rings (SSSR count). The highest BCUT2D eigenvalue weighted by Crippen LogP contribution is 2.31. The minimum absolute atomic E-state index is 0.432. The summed E-state index contributed by atoms with van der Waals surface area (Å²) in [4.78, 5) is 21.9. The molecule has 1 aromatic rings. The van der Waals surface area contributed by atoms with E-state index in [1.165, 1.54) is 12.1 Å². The lowest BCUT2D eigenvalue weighted by atomic mass is 10.1. The first-order valence-corrected chi connectivity index (χ1v) is 4.23. The summed E-state index contributed by atoms with van der Waals surface area (Å²) < 4.78 is 39.2. The number of benzene rings is 1. The predicted molar refractivity (Wildman–Crippen MR) is 47.4 cm³/mol. The second kappa shape index (κ2) is 3.48. The highest BCUT2D eigenvalue weighted by molar-refractivity contribution is 6.34. The minimum Gasteiger partial charge on any atom is -0.266 e. The Bertz CT molecular complexity index is 525. The summed E-state index contributed by atoms with van der Waals surface area (Å²) in [5.41, 5.74) is -1.32. The Balaban J connectivity index is 2.62. The molecule has 0 bridgehead atoms. The molecule has 0 unspecified atom stereocenters. The predicted octanol–water partition coefficient (Wildman–Crippen LogP) is 1.76. The maximum Gasteiger partial charge on any atom is 0.318 e. The zero-order valence-electron chi connectivity index (χ0n) is 7.71. The van der Waals surface area contributed by atoms with E-state index < -0.39 is 39.7 Å². The Labute approximate surface area is 87.7 Å². The van der Waals surface area contributed by atoms with Gasteiger partial charge in [-0.3, -0.25) is 9.59 Å². The van der Waals surface area contributed by atoms with Gasteiger partial charge in [0.05, 0.1) is 5.57 Å². The molecular weight excluding hydrogens is 223 g/mol. The third-order valence-corrected chi connectivity index (χ3v) is 2.12. The Morgan fingerprint density at radius 3 is 2.12 bits per heavy atom. The number of halogens is 3. The molecule has 0 fully saturated rings. The van der Waals surface area contributed by atoms with E-state index in [2.05, 4.69) is 0 Å². The lowest BCUT2D eigenvalue weighted by Crippen LogP contribution is -2.22. The van der Waals surface area contributed by atoms with Crippen molar-refractivity contribution in [3.05, 3.63) is 41.5 Å². The van der Waals surface area contributed by atoms with E-state index in [1.807, 2.05) is 0 Å². The number of amides is 2. The van der Waals surface area contributed by atoms with Crippen LogP contribution in [0, 0.1) is 5.82 Å². The molecule has 0 atom stereocenters. The summed E-state index contributed by atoms with van der Waals surface area (Å²) in [5, 5.41) is -0.878. The number of carbonyl (C=O) groups is 2. The molecule has 0 saturated carbocycles. The largest absolute Gasteiger partial charge is 0.318 e. The average Bonchev–Trinajstić information content (AvgIpc) is 2.45. The van der Waals surface area contributed by atoms with Crippen molar-refractivity contribution in [2.75, 3.05) is 0 Å². The zero-order chi connectivity index (χ0) is 11.9. The second-order valence-electron chi connectivity index (χ2n) is 3.06. The number of imide groups is 1. The first-order chi connectivity index (χ1) is 7.54. The third kappa shape index (κ3) is 1.30. The van der Waals surface area contributed by atoms with Gasteiger partial charge in [-0.1, -0.05) is 27.8 Å². The third-order valence-electron chi connectivity index (χ3n) is 2.12. The van der Waals surface area contributed by atoms with Crippen LogP contribution in [0.15, 0.2) is 30.1 Å². The number of nitrogens with zero attached hydrogens (tertiary/aromatic N) is 1. The highest BCUT2D eigenvalue weighted by Gasteiger charge is 2.41. The molecule has 1 heterocycles. The van der Waals surface area contributed by atoms with Gasteiger partial charge in [0.25, 0.3) is 5.91 Å². The van der Waals surface area contributed by atoms with Crippen LogP contribution in [0.5, 0.6) is 0 Å². The van der Waals surface area contributed by atoms with E-state index in [-0.39, 0.29) is 0 Å². The van der Waals surface area contributed by atoms with E-state index in [0.717, 1.165) is 12.1 Å². The molecule has 82 valence electrons. The monoisotopic (exact) mass is 227 g/mol. The first-order valence-electron chi connectivity index (χ1n) is 4.23. The van der Waals surface area contributed by atoms with Crippen LogP contribution in [0.1, 0.15) is 5.56 Å². The van der Waals surface area contributed by atoms with Crippen LogP contribution in [-0.4, -0.2) is 16.9 Å². The lowest BCUT2D eigenvalue weighted by Gasteiger charge is -2.02. The summed E-state index contributed by atoms with van der Waals surface area (Å²) in [6, 6.07) is 4.74. The minimum atomic E-state index is -1.71. The van der Waals surface area contributed by atoms with Gasteiger partial charge in [0, 0.05) is 5.56 Å². The van der Waals surface area contributed by atoms with Crippen molar-refractivity contribution in [1.29, 1.82) is 0 Å². The Morgan fingerprint density at radius 2 is 1.62 bits per heavy atom. The maximum atomic E-state index is 13.2. The molecule has 1 aliphatic rings. The second-order valence-corrected chi connectivity index (χ2v) is 3.06. The highest BCUT2D eigenvalue weighted by atomic mass is 19.2. The van der Waals surface area contributed by atoms with Gasteiger partial charge in [0.2, 0.25) is 5.83 Å². The van der Waals surface area contributed by atoms with Gasteiger partial charge in [-0.25, -0.2) is 4.39 Å². The van der Waals surface area contributed by atoms with Crippen LogP contribution < -0.4 is 0 Å². The first kappa shape index (κ1) is 10.4. The van der Waals surface area contributed by atoms with E-state index >= 15 is 0 Å². The van der Waals surface area contributed by atoms with E-state index in [4.69, 9.17) is 0 Å². The Morgan fingerprint density at radius 1 is 1.00 bits per heavy atom. The lowest BCUT2D eigenvalue weighted by molar-refractivity contribution is -0.153. The van der Waals surface area contributed by atoms with E-state index in [1.54, 1.807) is 0 Å². The molecule has 0 spiro atoms. The van der Waals surface area contributed by atoms with Crippen LogP contribution >= 0.6 is 0 Å². The van der Waals surface area contributed by atoms with Gasteiger partial charge in [0.15, 0.2) is 0 Å². The van der Waals surface area contributed by atoms with Crippen molar-refractivity contribution in [3.63, 3.8) is 0 Å². The number of hydrogen-bond donors (Lipinski definition) is 0. The van der Waals surface area contributed by atoms with Gasteiger partial charge >= 0.3 is 5.91 Å². The van der Waals surface area contributed by atoms with Crippen molar-refractivity contribution >= 4 is 17.4 Å². The smallest absolute Gasteiger partial charge is 0.266 e. The van der Waals surface area contributed by atoms with Crippen LogP contribution in [0.4, 0.5) is 13.3 Å². The maximum absolute atomic E-state index is 13.2. The van der Waals surface area contributed by atoms with Gasteiger partial charge in [0.1, 0.15) is 5.82 Å². The molecule has 16 heavy (non-hydrogen) atoms. The summed E-state index contributed by atoms with van der Waals surface area (Å²) in [6.07, 6.45) is 0.